The maximum absolute atomic E-state index is 11.3. The van der Waals surface area contributed by atoms with Crippen molar-refractivity contribution in [3.05, 3.63) is 41.6 Å². The fourth-order valence-corrected chi connectivity index (χ4v) is 2.60. The molecule has 0 radical (unpaired) electrons. The summed E-state index contributed by atoms with van der Waals surface area (Å²) in [7, 11) is 0. The van der Waals surface area contributed by atoms with E-state index in [1.54, 1.807) is 0 Å². The molecule has 1 aliphatic rings. The number of esters is 1. The highest BCUT2D eigenvalue weighted by Gasteiger charge is 2.29. The highest BCUT2D eigenvalue weighted by atomic mass is 16.5. The largest absolute Gasteiger partial charge is 0.418 e. The number of carbonyl (C=O) groups is 2. The van der Waals surface area contributed by atoms with Gasteiger partial charge < -0.3 is 9.30 Å². The fourth-order valence-electron chi connectivity index (χ4n) is 2.60. The smallest absolute Gasteiger partial charge is 0.384 e. The molecule has 19 heavy (non-hydrogen) atoms. The predicted octanol–water partition coefficient (Wildman–Crippen LogP) is 2.44. The first-order valence-corrected chi connectivity index (χ1v) is 6.19. The van der Waals surface area contributed by atoms with Crippen LogP contribution in [0.15, 0.2) is 30.3 Å². The van der Waals surface area contributed by atoms with Gasteiger partial charge in [-0.25, -0.2) is 4.79 Å². The van der Waals surface area contributed by atoms with Crippen molar-refractivity contribution in [2.24, 2.45) is 0 Å². The van der Waals surface area contributed by atoms with Gasteiger partial charge in [-0.15, -0.1) is 0 Å². The number of fused-ring (bicyclic) bond motifs is 1. The molecule has 0 saturated carbocycles. The zero-order valence-corrected chi connectivity index (χ0v) is 10.8. The first-order chi connectivity index (χ1) is 9.13. The van der Waals surface area contributed by atoms with Crippen LogP contribution >= 0.6 is 0 Å². The molecular formula is C15H13NO3. The molecule has 0 saturated heterocycles. The Morgan fingerprint density at radius 3 is 2.58 bits per heavy atom. The van der Waals surface area contributed by atoms with E-state index in [4.69, 9.17) is 4.74 Å². The Balaban J connectivity index is 2.30. The number of aromatic nitrogens is 1. The number of cyclic esters (lactones) is 1. The second-order valence-corrected chi connectivity index (χ2v) is 4.50. The number of nitrogens with zero attached hydrogens (tertiary/aromatic N) is 1. The molecule has 96 valence electrons. The maximum atomic E-state index is 11.3. The number of benzene rings is 1. The molecule has 4 heteroatoms. The average molecular weight is 255 g/mol. The Kier molecular flexibility index (Phi) is 2.52. The zero-order chi connectivity index (χ0) is 13.6. The molecular weight excluding hydrogens is 242 g/mol. The Labute approximate surface area is 110 Å². The quantitative estimate of drug-likeness (QED) is 0.611. The van der Waals surface area contributed by atoms with Gasteiger partial charge in [-0.3, -0.25) is 4.79 Å². The highest BCUT2D eigenvalue weighted by Crippen LogP contribution is 2.32. The van der Waals surface area contributed by atoms with Gasteiger partial charge in [0.25, 0.3) is 5.78 Å². The Morgan fingerprint density at radius 2 is 1.95 bits per heavy atom. The van der Waals surface area contributed by atoms with Crippen LogP contribution in [0.2, 0.25) is 0 Å². The lowest BCUT2D eigenvalue weighted by Gasteiger charge is -2.08. The Bertz CT molecular complexity index is 737. The van der Waals surface area contributed by atoms with E-state index in [0.29, 0.717) is 5.76 Å². The van der Waals surface area contributed by atoms with E-state index in [9.17, 15) is 9.59 Å². The molecule has 0 amide bonds. The number of aryl methyl sites for hydroxylation is 2. The van der Waals surface area contributed by atoms with Crippen LogP contribution in [0.5, 0.6) is 0 Å². The molecule has 0 fully saturated rings. The van der Waals surface area contributed by atoms with Crippen molar-refractivity contribution in [3.63, 3.8) is 0 Å². The van der Waals surface area contributed by atoms with Crippen LogP contribution in [-0.4, -0.2) is 16.3 Å². The van der Waals surface area contributed by atoms with Crippen LogP contribution in [0.1, 0.15) is 18.2 Å². The molecule has 0 spiro atoms. The van der Waals surface area contributed by atoms with Crippen molar-refractivity contribution in [1.29, 1.82) is 0 Å². The highest BCUT2D eigenvalue weighted by molar-refractivity contribution is 6.43. The van der Waals surface area contributed by atoms with Crippen LogP contribution < -0.4 is 0 Å². The molecule has 2 aromatic rings. The Hall–Kier alpha value is -2.36. The molecule has 1 aromatic heterocycles. The van der Waals surface area contributed by atoms with Crippen molar-refractivity contribution in [2.75, 3.05) is 0 Å². The second kappa shape index (κ2) is 4.09. The minimum atomic E-state index is -0.803. The third-order valence-electron chi connectivity index (χ3n) is 3.44. The van der Waals surface area contributed by atoms with Crippen LogP contribution in [-0.2, 0) is 20.9 Å². The summed E-state index contributed by atoms with van der Waals surface area (Å²) in [5, 5.41) is 1.11. The van der Waals surface area contributed by atoms with Crippen molar-refractivity contribution >= 4 is 28.4 Å². The van der Waals surface area contributed by atoms with E-state index in [-0.39, 0.29) is 0 Å². The number of hydrogen-bond acceptors (Lipinski definition) is 3. The van der Waals surface area contributed by atoms with E-state index in [1.807, 2.05) is 38.1 Å². The maximum Gasteiger partial charge on any atom is 0.384 e. The van der Waals surface area contributed by atoms with Crippen molar-refractivity contribution in [3.8, 4) is 0 Å². The number of carbonyl (C=O) groups excluding carboxylic acids is 2. The van der Waals surface area contributed by atoms with E-state index in [2.05, 4.69) is 4.57 Å². The van der Waals surface area contributed by atoms with Crippen LogP contribution in [0.4, 0.5) is 0 Å². The first-order valence-electron chi connectivity index (χ1n) is 6.19. The van der Waals surface area contributed by atoms with Crippen molar-refractivity contribution in [1.82, 2.24) is 4.57 Å². The third-order valence-corrected chi connectivity index (χ3v) is 3.44. The van der Waals surface area contributed by atoms with E-state index in [0.717, 1.165) is 28.7 Å². The summed E-state index contributed by atoms with van der Waals surface area (Å²) < 4.78 is 7.12. The van der Waals surface area contributed by atoms with Crippen molar-refractivity contribution < 1.29 is 14.3 Å². The number of ketones is 1. The summed E-state index contributed by atoms with van der Waals surface area (Å²) in [5.41, 5.74) is 2.91. The number of hydrogen-bond donors (Lipinski definition) is 0. The topological polar surface area (TPSA) is 48.3 Å². The minimum absolute atomic E-state index is 0.352. The van der Waals surface area contributed by atoms with E-state index in [1.165, 1.54) is 6.08 Å². The van der Waals surface area contributed by atoms with Gasteiger partial charge in [-0.05, 0) is 25.5 Å². The van der Waals surface area contributed by atoms with Gasteiger partial charge in [0.15, 0.2) is 5.76 Å². The SMILES string of the molecule is CCn1c(C2=CC(=O)C(=O)O2)c(C)c2ccccc21. The van der Waals surface area contributed by atoms with Crippen LogP contribution in [0, 0.1) is 6.92 Å². The summed E-state index contributed by atoms with van der Waals surface area (Å²) in [6.07, 6.45) is 1.27. The van der Waals surface area contributed by atoms with Crippen LogP contribution in [0.3, 0.4) is 0 Å². The molecule has 0 unspecified atom stereocenters. The molecule has 1 aliphatic heterocycles. The third kappa shape index (κ3) is 1.60. The zero-order valence-electron chi connectivity index (χ0n) is 10.8. The van der Waals surface area contributed by atoms with Crippen molar-refractivity contribution in [2.45, 2.75) is 20.4 Å². The van der Waals surface area contributed by atoms with E-state index < -0.39 is 11.8 Å². The lowest BCUT2D eigenvalue weighted by Crippen LogP contribution is -2.06. The number of ether oxygens (including phenoxy) is 1. The monoisotopic (exact) mass is 255 g/mol. The van der Waals surface area contributed by atoms with Gasteiger partial charge in [0.1, 0.15) is 0 Å². The first kappa shape index (κ1) is 11.7. The number of rotatable bonds is 2. The molecule has 0 atom stereocenters. The van der Waals surface area contributed by atoms with E-state index >= 15 is 0 Å². The summed E-state index contributed by atoms with van der Waals surface area (Å²) in [5.74, 6) is -1.05. The lowest BCUT2D eigenvalue weighted by atomic mass is 10.1. The van der Waals surface area contributed by atoms with Crippen LogP contribution in [0.25, 0.3) is 16.7 Å². The number of para-hydroxylation sites is 1. The summed E-state index contributed by atoms with van der Waals surface area (Å²) in [6.45, 7) is 4.74. The van der Waals surface area contributed by atoms with Gasteiger partial charge in [0, 0.05) is 23.5 Å². The van der Waals surface area contributed by atoms with Gasteiger partial charge in [-0.2, -0.15) is 0 Å². The predicted molar refractivity (Wildman–Crippen MR) is 71.4 cm³/mol. The second-order valence-electron chi connectivity index (χ2n) is 4.50. The summed E-state index contributed by atoms with van der Waals surface area (Å²) >= 11 is 0. The standard InChI is InChI=1S/C15H13NO3/c1-3-16-11-7-5-4-6-10(11)9(2)14(16)13-8-12(17)15(18)19-13/h4-8H,3H2,1-2H3. The van der Waals surface area contributed by atoms with Gasteiger partial charge in [0.2, 0.25) is 0 Å². The lowest BCUT2D eigenvalue weighted by molar-refractivity contribution is -0.144. The van der Waals surface area contributed by atoms with Gasteiger partial charge in [-0.1, -0.05) is 18.2 Å². The summed E-state index contributed by atoms with van der Waals surface area (Å²) in [6, 6.07) is 7.99. The molecule has 3 rings (SSSR count). The Morgan fingerprint density at radius 1 is 1.21 bits per heavy atom. The molecule has 0 N–H and O–H groups in total. The fraction of sp³-hybridized carbons (Fsp3) is 0.200. The molecule has 4 nitrogen and oxygen atoms in total. The molecule has 2 heterocycles. The molecule has 0 bridgehead atoms. The summed E-state index contributed by atoms with van der Waals surface area (Å²) in [4.78, 5) is 22.6. The normalized spacial score (nSPS) is 14.9. The van der Waals surface area contributed by atoms with Gasteiger partial charge in [0.05, 0.1) is 5.69 Å². The minimum Gasteiger partial charge on any atom is -0.418 e. The average Bonchev–Trinajstić information content (AvgIpc) is 2.88. The molecule has 1 aromatic carbocycles. The van der Waals surface area contributed by atoms with Gasteiger partial charge >= 0.3 is 5.97 Å². The molecule has 0 aliphatic carbocycles.